The van der Waals surface area contributed by atoms with Crippen molar-refractivity contribution in [3.63, 3.8) is 0 Å². The normalized spacial score (nSPS) is 23.5. The average Bonchev–Trinajstić information content (AvgIpc) is 4.15. The number of ether oxygens (including phenoxy) is 2. The van der Waals surface area contributed by atoms with Crippen LogP contribution in [0.15, 0.2) is 48.8 Å². The lowest BCUT2D eigenvalue weighted by Crippen LogP contribution is -2.60. The van der Waals surface area contributed by atoms with Gasteiger partial charge in [0.25, 0.3) is 0 Å². The zero-order chi connectivity index (χ0) is 46.9. The van der Waals surface area contributed by atoms with E-state index in [2.05, 4.69) is 67.7 Å². The van der Waals surface area contributed by atoms with Crippen LogP contribution < -0.4 is 9.80 Å². The van der Waals surface area contributed by atoms with Crippen molar-refractivity contribution in [1.29, 1.82) is 0 Å². The van der Waals surface area contributed by atoms with Gasteiger partial charge < -0.3 is 29.5 Å². The topological polar surface area (TPSA) is 159 Å². The zero-order valence-electron chi connectivity index (χ0n) is 40.7. The Morgan fingerprint density at radius 3 is 1.25 bits per heavy atom. The number of fused-ring (bicyclic) bond motifs is 2. The van der Waals surface area contributed by atoms with Gasteiger partial charge in [0.15, 0.2) is 11.6 Å². The molecule has 0 saturated carbocycles. The highest BCUT2D eigenvalue weighted by Gasteiger charge is 2.39. The standard InChI is InChI=1S/2C26H34N6O2/c2*1-17-10-20-13-27-32(25-12-24(28-18(2)29-25)31-15-26(3,33)16-31)23(20)11-22(17)19-4-7-30(8-5-19)21-6-9-34-14-21/h2*10-13,19,21,33H,4-9,14-16H2,1-3H3. The molecule has 2 atom stereocenters. The number of hydrogen-bond acceptors (Lipinski definition) is 14. The summed E-state index contributed by atoms with van der Waals surface area (Å²) in [4.78, 5) is 28.0. The molecule has 6 fully saturated rings. The molecule has 2 N–H and O–H groups in total. The Bertz CT molecular complexity index is 2590. The summed E-state index contributed by atoms with van der Waals surface area (Å²) in [5.74, 6) is 5.78. The Labute approximate surface area is 399 Å². The second kappa shape index (κ2) is 18.0. The van der Waals surface area contributed by atoms with Crippen LogP contribution in [0.3, 0.4) is 0 Å². The maximum absolute atomic E-state index is 10.2. The molecular formula is C52H68N12O4. The molecule has 0 spiro atoms. The molecule has 6 saturated heterocycles. The van der Waals surface area contributed by atoms with Crippen LogP contribution in [0.5, 0.6) is 0 Å². The fourth-order valence-electron chi connectivity index (χ4n) is 11.9. The lowest BCUT2D eigenvalue weighted by Gasteiger charge is -2.45. The molecule has 12 rings (SSSR count). The number of piperidine rings is 2. The molecule has 6 aromatic rings. The second-order valence-electron chi connectivity index (χ2n) is 21.3. The molecule has 6 aliphatic heterocycles. The van der Waals surface area contributed by atoms with Gasteiger partial charge in [0.05, 0.1) is 47.8 Å². The number of likely N-dealkylation sites (tertiary alicyclic amines) is 2. The second-order valence-corrected chi connectivity index (χ2v) is 21.3. The maximum atomic E-state index is 10.2. The number of anilines is 2. The number of aryl methyl sites for hydroxylation is 4. The van der Waals surface area contributed by atoms with Crippen LogP contribution in [0.2, 0.25) is 0 Å². The van der Waals surface area contributed by atoms with Crippen LogP contribution in [0.25, 0.3) is 33.4 Å². The number of rotatable bonds is 8. The Kier molecular flexibility index (Phi) is 12.0. The van der Waals surface area contributed by atoms with E-state index in [0.29, 0.717) is 61.7 Å². The molecule has 0 radical (unpaired) electrons. The van der Waals surface area contributed by atoms with Crippen LogP contribution in [-0.2, 0) is 9.47 Å². The largest absolute Gasteiger partial charge is 0.386 e. The Morgan fingerprint density at radius 1 is 0.515 bits per heavy atom. The SMILES string of the molecule is Cc1nc(N2CC(C)(O)C2)cc(-n2ncc3cc(C)c(C4CCN(C5CCOC5)CC4)cc32)n1.Cc1nc(N2CC(C)(O)C2)cc(-n2ncc3cc(C)c(C4CCN(C5CCOC5)CC4)cc32)n1. The molecule has 0 bridgehead atoms. The molecule has 10 heterocycles. The van der Waals surface area contributed by atoms with Gasteiger partial charge in [-0.25, -0.2) is 29.3 Å². The van der Waals surface area contributed by atoms with E-state index in [1.54, 1.807) is 0 Å². The van der Waals surface area contributed by atoms with E-state index < -0.39 is 11.2 Å². The summed E-state index contributed by atoms with van der Waals surface area (Å²) in [5.41, 5.74) is 6.43. The molecule has 68 heavy (non-hydrogen) atoms. The first-order valence-electron chi connectivity index (χ1n) is 25.0. The Morgan fingerprint density at radius 2 is 0.897 bits per heavy atom. The highest BCUT2D eigenvalue weighted by molar-refractivity contribution is 5.83. The van der Waals surface area contributed by atoms with Gasteiger partial charge in [-0.15, -0.1) is 0 Å². The van der Waals surface area contributed by atoms with Crippen molar-refractivity contribution in [2.24, 2.45) is 0 Å². The van der Waals surface area contributed by atoms with Gasteiger partial charge in [0.2, 0.25) is 0 Å². The number of β-amino-alcohol motifs (C(OH)–C–C–N with tert-alkyl or cyclic N) is 2. The molecule has 2 aromatic carbocycles. The van der Waals surface area contributed by atoms with Crippen molar-refractivity contribution in [2.75, 3.05) is 88.6 Å². The minimum Gasteiger partial charge on any atom is -0.386 e. The fourth-order valence-corrected chi connectivity index (χ4v) is 11.9. The van der Waals surface area contributed by atoms with E-state index >= 15 is 0 Å². The zero-order valence-corrected chi connectivity index (χ0v) is 40.7. The molecule has 2 unspecified atom stereocenters. The van der Waals surface area contributed by atoms with E-state index in [9.17, 15) is 10.2 Å². The van der Waals surface area contributed by atoms with E-state index in [4.69, 9.17) is 29.6 Å². The summed E-state index contributed by atoms with van der Waals surface area (Å²) in [5, 5.41) is 32.0. The molecule has 360 valence electrons. The van der Waals surface area contributed by atoms with Gasteiger partial charge in [0, 0.05) is 74.4 Å². The fraction of sp³-hybridized carbons (Fsp3) is 0.577. The number of aliphatic hydroxyl groups is 2. The van der Waals surface area contributed by atoms with Gasteiger partial charge in [-0.2, -0.15) is 10.2 Å². The van der Waals surface area contributed by atoms with E-state index in [-0.39, 0.29) is 0 Å². The number of hydrogen-bond donors (Lipinski definition) is 2. The molecule has 16 nitrogen and oxygen atoms in total. The third kappa shape index (κ3) is 9.11. The van der Waals surface area contributed by atoms with Crippen molar-refractivity contribution < 1.29 is 19.7 Å². The average molecular weight is 925 g/mol. The summed E-state index contributed by atoms with van der Waals surface area (Å²) in [7, 11) is 0. The van der Waals surface area contributed by atoms with Gasteiger partial charge >= 0.3 is 0 Å². The number of benzene rings is 2. The van der Waals surface area contributed by atoms with Gasteiger partial charge in [0.1, 0.15) is 23.3 Å². The minimum absolute atomic E-state index is 0.567. The smallest absolute Gasteiger partial charge is 0.159 e. The van der Waals surface area contributed by atoms with Crippen molar-refractivity contribution in [3.05, 3.63) is 82.7 Å². The summed E-state index contributed by atoms with van der Waals surface area (Å²) in [6.07, 6.45) is 10.9. The highest BCUT2D eigenvalue weighted by atomic mass is 16.5. The number of nitrogens with zero attached hydrogens (tertiary/aromatic N) is 12. The molecular weight excluding hydrogens is 857 g/mol. The van der Waals surface area contributed by atoms with Gasteiger partial charge in [-0.1, -0.05) is 0 Å². The van der Waals surface area contributed by atoms with Crippen molar-refractivity contribution in [2.45, 2.75) is 115 Å². The molecule has 0 aliphatic carbocycles. The summed E-state index contributed by atoms with van der Waals surface area (Å²) in [6, 6.07) is 14.4. The lowest BCUT2D eigenvalue weighted by molar-refractivity contribution is 0.0300. The Balaban J connectivity index is 0.000000149. The van der Waals surface area contributed by atoms with Crippen LogP contribution in [-0.4, -0.2) is 162 Å². The third-order valence-corrected chi connectivity index (χ3v) is 15.5. The van der Waals surface area contributed by atoms with E-state index in [1.165, 1.54) is 60.8 Å². The Hall–Kier alpha value is -5.10. The maximum Gasteiger partial charge on any atom is 0.159 e. The van der Waals surface area contributed by atoms with E-state index in [1.807, 2.05) is 61.6 Å². The lowest BCUT2D eigenvalue weighted by atomic mass is 9.86. The molecule has 4 aromatic heterocycles. The highest BCUT2D eigenvalue weighted by Crippen LogP contribution is 2.37. The van der Waals surface area contributed by atoms with Crippen molar-refractivity contribution in [1.82, 2.24) is 49.3 Å². The first-order chi connectivity index (χ1) is 32.7. The van der Waals surface area contributed by atoms with Crippen LogP contribution >= 0.6 is 0 Å². The quantitative estimate of drug-likeness (QED) is 0.185. The molecule has 0 amide bonds. The van der Waals surface area contributed by atoms with Crippen molar-refractivity contribution >= 4 is 33.4 Å². The predicted octanol–water partition coefficient (Wildman–Crippen LogP) is 5.94. The van der Waals surface area contributed by atoms with Crippen LogP contribution in [0.4, 0.5) is 11.6 Å². The van der Waals surface area contributed by atoms with Crippen LogP contribution in [0.1, 0.15) is 98.1 Å². The minimum atomic E-state index is -0.649. The predicted molar refractivity (Wildman–Crippen MR) is 263 cm³/mol. The van der Waals surface area contributed by atoms with Crippen molar-refractivity contribution in [3.8, 4) is 11.6 Å². The van der Waals surface area contributed by atoms with E-state index in [0.717, 1.165) is 97.7 Å². The third-order valence-electron chi connectivity index (χ3n) is 15.5. The summed E-state index contributed by atoms with van der Waals surface area (Å²) >= 11 is 0. The summed E-state index contributed by atoms with van der Waals surface area (Å²) in [6.45, 7) is 22.5. The number of aromatic nitrogens is 8. The monoisotopic (exact) mass is 925 g/mol. The first kappa shape index (κ1) is 45.3. The van der Waals surface area contributed by atoms with Gasteiger partial charge in [-0.3, -0.25) is 9.80 Å². The van der Waals surface area contributed by atoms with Crippen LogP contribution in [0, 0.1) is 27.7 Å². The molecule has 6 aliphatic rings. The first-order valence-corrected chi connectivity index (χ1v) is 25.0. The van der Waals surface area contributed by atoms with Gasteiger partial charge in [-0.05, 0) is 165 Å². The molecule has 16 heteroatoms. The summed E-state index contributed by atoms with van der Waals surface area (Å²) < 4.78 is 15.1.